The summed E-state index contributed by atoms with van der Waals surface area (Å²) in [7, 11) is 0. The van der Waals surface area contributed by atoms with Crippen molar-refractivity contribution in [2.45, 2.75) is 20.3 Å². The van der Waals surface area contributed by atoms with Crippen LogP contribution in [0.2, 0.25) is 0 Å². The van der Waals surface area contributed by atoms with Crippen molar-refractivity contribution in [3.8, 4) is 0 Å². The monoisotopic (exact) mass is 204 g/mol. The van der Waals surface area contributed by atoms with Gasteiger partial charge in [0.1, 0.15) is 0 Å². The fourth-order valence-electron chi connectivity index (χ4n) is 1.30. The van der Waals surface area contributed by atoms with E-state index < -0.39 is 0 Å². The third-order valence-corrected chi connectivity index (χ3v) is 2.22. The van der Waals surface area contributed by atoms with E-state index in [4.69, 9.17) is 5.73 Å². The average molecular weight is 204 g/mol. The Hall–Kier alpha value is -1.41. The molecule has 15 heavy (non-hydrogen) atoms. The highest BCUT2D eigenvalue weighted by Gasteiger charge is 2.01. The van der Waals surface area contributed by atoms with Gasteiger partial charge in [-0.1, -0.05) is 32.2 Å². The van der Waals surface area contributed by atoms with Gasteiger partial charge in [0.25, 0.3) is 0 Å². The fourth-order valence-corrected chi connectivity index (χ4v) is 1.30. The van der Waals surface area contributed by atoms with Gasteiger partial charge >= 0.3 is 0 Å². The van der Waals surface area contributed by atoms with Gasteiger partial charge in [0.2, 0.25) is 0 Å². The Morgan fingerprint density at radius 1 is 1.40 bits per heavy atom. The van der Waals surface area contributed by atoms with E-state index in [0.717, 1.165) is 12.0 Å². The number of nitrogens with two attached hydrogens (primary N) is 1. The molecule has 0 aromatic carbocycles. The highest BCUT2D eigenvalue weighted by atomic mass is 14.7. The van der Waals surface area contributed by atoms with E-state index in [0.29, 0.717) is 6.54 Å². The van der Waals surface area contributed by atoms with Gasteiger partial charge in [-0.2, -0.15) is 0 Å². The second-order valence-electron chi connectivity index (χ2n) is 3.10. The molecule has 0 atom stereocenters. The lowest BCUT2D eigenvalue weighted by Crippen LogP contribution is -2.07. The molecule has 0 unspecified atom stereocenters. The molecular formula is C13H20N2. The first-order valence-electron chi connectivity index (χ1n) is 5.07. The predicted octanol–water partition coefficient (Wildman–Crippen LogP) is 3.00. The highest BCUT2D eigenvalue weighted by Crippen LogP contribution is 2.16. The number of hydrogen-bond donors (Lipinski definition) is 1. The molecular weight excluding hydrogens is 184 g/mol. The van der Waals surface area contributed by atoms with Crippen molar-refractivity contribution in [3.63, 3.8) is 0 Å². The van der Waals surface area contributed by atoms with E-state index in [2.05, 4.69) is 32.0 Å². The minimum absolute atomic E-state index is 0.484. The molecule has 2 nitrogen and oxygen atoms in total. The van der Waals surface area contributed by atoms with Crippen LogP contribution in [0.3, 0.4) is 0 Å². The maximum Gasteiger partial charge on any atom is 0.0315 e. The molecule has 0 amide bonds. The van der Waals surface area contributed by atoms with E-state index in [1.165, 1.54) is 17.3 Å². The summed E-state index contributed by atoms with van der Waals surface area (Å²) in [5, 5.41) is 0. The summed E-state index contributed by atoms with van der Waals surface area (Å²) in [4.78, 5) is 3.99. The summed E-state index contributed by atoms with van der Waals surface area (Å²) in [6, 6.07) is 0. The molecule has 0 spiro atoms. The van der Waals surface area contributed by atoms with Crippen LogP contribution < -0.4 is 5.73 Å². The van der Waals surface area contributed by atoms with Gasteiger partial charge in [0, 0.05) is 19.0 Å². The zero-order valence-corrected chi connectivity index (χ0v) is 9.66. The molecule has 82 valence electrons. The quantitative estimate of drug-likeness (QED) is 0.524. The van der Waals surface area contributed by atoms with Crippen molar-refractivity contribution in [3.05, 3.63) is 48.2 Å². The summed E-state index contributed by atoms with van der Waals surface area (Å²) in [5.41, 5.74) is 9.11. The normalized spacial score (nSPS) is 13.9. The lowest BCUT2D eigenvalue weighted by molar-refractivity contribution is 1.07. The Morgan fingerprint density at radius 2 is 2.07 bits per heavy atom. The van der Waals surface area contributed by atoms with E-state index in [1.807, 2.05) is 6.08 Å². The summed E-state index contributed by atoms with van der Waals surface area (Å²) in [5.74, 6) is 0. The predicted molar refractivity (Wildman–Crippen MR) is 69.0 cm³/mol. The molecule has 0 bridgehead atoms. The van der Waals surface area contributed by atoms with Gasteiger partial charge < -0.3 is 5.73 Å². The molecule has 0 fully saturated rings. The first kappa shape index (κ1) is 13.6. The maximum atomic E-state index is 5.67. The van der Waals surface area contributed by atoms with Crippen LogP contribution in [-0.4, -0.2) is 12.8 Å². The molecule has 0 aliphatic rings. The smallest absolute Gasteiger partial charge is 0.0315 e. The molecule has 0 aromatic heterocycles. The third-order valence-electron chi connectivity index (χ3n) is 2.22. The first-order chi connectivity index (χ1) is 7.21. The topological polar surface area (TPSA) is 38.4 Å². The summed E-state index contributed by atoms with van der Waals surface area (Å²) < 4.78 is 0. The van der Waals surface area contributed by atoms with Crippen molar-refractivity contribution in [2.24, 2.45) is 10.7 Å². The van der Waals surface area contributed by atoms with Crippen LogP contribution in [0.4, 0.5) is 0 Å². The van der Waals surface area contributed by atoms with Gasteiger partial charge in [0.05, 0.1) is 0 Å². The summed E-state index contributed by atoms with van der Waals surface area (Å²) in [6.07, 6.45) is 8.03. The van der Waals surface area contributed by atoms with Crippen LogP contribution in [0.5, 0.6) is 0 Å². The zero-order chi connectivity index (χ0) is 11.7. The minimum Gasteiger partial charge on any atom is -0.326 e. The van der Waals surface area contributed by atoms with Crippen molar-refractivity contribution < 1.29 is 0 Å². The van der Waals surface area contributed by atoms with Crippen LogP contribution in [0, 0.1) is 0 Å². The summed E-state index contributed by atoms with van der Waals surface area (Å²) in [6.45, 7) is 11.9. The van der Waals surface area contributed by atoms with Crippen LogP contribution >= 0.6 is 0 Å². The third kappa shape index (κ3) is 4.56. The van der Waals surface area contributed by atoms with Gasteiger partial charge in [-0.3, -0.25) is 4.99 Å². The van der Waals surface area contributed by atoms with Crippen LogP contribution in [-0.2, 0) is 0 Å². The van der Waals surface area contributed by atoms with E-state index in [9.17, 15) is 0 Å². The molecule has 0 radical (unpaired) electrons. The van der Waals surface area contributed by atoms with Gasteiger partial charge in [-0.05, 0) is 30.1 Å². The lowest BCUT2D eigenvalue weighted by atomic mass is 9.99. The first-order valence-corrected chi connectivity index (χ1v) is 5.07. The van der Waals surface area contributed by atoms with Gasteiger partial charge in [0.15, 0.2) is 0 Å². The number of nitrogens with zero attached hydrogens (tertiary/aromatic N) is 1. The van der Waals surface area contributed by atoms with E-state index >= 15 is 0 Å². The number of aliphatic imine (C=N–C) groups is 1. The number of hydrogen-bond acceptors (Lipinski definition) is 2. The largest absolute Gasteiger partial charge is 0.326 e. The van der Waals surface area contributed by atoms with Crippen LogP contribution in [0.1, 0.15) is 20.3 Å². The molecule has 0 heterocycles. The van der Waals surface area contributed by atoms with E-state index in [-0.39, 0.29) is 0 Å². The van der Waals surface area contributed by atoms with Gasteiger partial charge in [-0.15, -0.1) is 0 Å². The van der Waals surface area contributed by atoms with Gasteiger partial charge in [-0.25, -0.2) is 0 Å². The van der Waals surface area contributed by atoms with E-state index in [1.54, 1.807) is 12.3 Å². The Bertz CT molecular complexity index is 306. The number of rotatable bonds is 6. The summed E-state index contributed by atoms with van der Waals surface area (Å²) >= 11 is 0. The molecule has 2 heteroatoms. The lowest BCUT2D eigenvalue weighted by Gasteiger charge is -2.08. The van der Waals surface area contributed by atoms with Crippen molar-refractivity contribution >= 4 is 6.21 Å². The van der Waals surface area contributed by atoms with Crippen molar-refractivity contribution in [1.82, 2.24) is 0 Å². The van der Waals surface area contributed by atoms with Crippen LogP contribution in [0.25, 0.3) is 0 Å². The number of allylic oxidation sites excluding steroid dienone is 4. The SMILES string of the molecule is C=C/C=C(CC)/C(C)=C(/C=N\C=C)CN. The maximum absolute atomic E-state index is 5.67. The second kappa shape index (κ2) is 7.94. The van der Waals surface area contributed by atoms with Crippen molar-refractivity contribution in [2.75, 3.05) is 6.54 Å². The Balaban J connectivity index is 5.15. The average Bonchev–Trinajstić information content (AvgIpc) is 2.26. The highest BCUT2D eigenvalue weighted by molar-refractivity contribution is 5.81. The minimum atomic E-state index is 0.484. The Kier molecular flexibility index (Phi) is 7.20. The molecule has 2 N–H and O–H groups in total. The molecule has 0 aliphatic heterocycles. The fraction of sp³-hybridized carbons (Fsp3) is 0.308. The molecule has 0 rings (SSSR count). The molecule has 0 saturated heterocycles. The van der Waals surface area contributed by atoms with Crippen LogP contribution in [0.15, 0.2) is 53.2 Å². The molecule has 0 aromatic rings. The Morgan fingerprint density at radius 3 is 2.47 bits per heavy atom. The molecule has 0 saturated carbocycles. The second-order valence-corrected chi connectivity index (χ2v) is 3.10. The Labute approximate surface area is 92.6 Å². The molecule has 0 aliphatic carbocycles. The zero-order valence-electron chi connectivity index (χ0n) is 9.66. The standard InChI is InChI=1S/C13H20N2/c1-5-8-12(6-2)11(4)13(9-14)10-15-7-3/h5,7-8,10H,1,3,6,9,14H2,2,4H3/b12-8+,13-11+,15-10-. The van der Waals surface area contributed by atoms with Crippen molar-refractivity contribution in [1.29, 1.82) is 0 Å².